The lowest BCUT2D eigenvalue weighted by Crippen LogP contribution is -2.30. The van der Waals surface area contributed by atoms with Gasteiger partial charge in [0, 0.05) is 17.3 Å². The zero-order chi connectivity index (χ0) is 23.4. The Morgan fingerprint density at radius 3 is 2.48 bits per heavy atom. The normalized spacial score (nSPS) is 11.6. The average molecular weight is 443 g/mol. The number of hydrogen-bond acceptors (Lipinski definition) is 6. The molecule has 2 aromatic heterocycles. The minimum atomic E-state index is -1.09. The molecular weight excluding hydrogens is 422 g/mol. The summed E-state index contributed by atoms with van der Waals surface area (Å²) in [5.41, 5.74) is 2.15. The highest BCUT2D eigenvalue weighted by atomic mass is 16.5. The van der Waals surface area contributed by atoms with Gasteiger partial charge >= 0.3 is 5.97 Å². The smallest absolute Gasteiger partial charge is 0.357 e. The number of esters is 1. The molecule has 4 aromatic rings. The number of rotatable bonds is 7. The molecule has 0 aliphatic heterocycles. The third-order valence-corrected chi connectivity index (χ3v) is 4.88. The summed E-state index contributed by atoms with van der Waals surface area (Å²) in [4.78, 5) is 37.1. The van der Waals surface area contributed by atoms with Crippen molar-refractivity contribution < 1.29 is 23.5 Å². The maximum atomic E-state index is 13.0. The van der Waals surface area contributed by atoms with Crippen LogP contribution in [-0.2, 0) is 9.53 Å². The lowest BCUT2D eigenvalue weighted by molar-refractivity contribution is -0.123. The number of anilines is 1. The molecule has 0 aliphatic carbocycles. The fourth-order valence-electron chi connectivity index (χ4n) is 3.17. The van der Waals surface area contributed by atoms with Crippen molar-refractivity contribution in [3.8, 4) is 17.1 Å². The van der Waals surface area contributed by atoms with Crippen molar-refractivity contribution in [1.82, 2.24) is 9.78 Å². The molecule has 0 bridgehead atoms. The molecule has 2 aromatic carbocycles. The maximum Gasteiger partial charge on any atom is 0.357 e. The summed E-state index contributed by atoms with van der Waals surface area (Å²) in [6, 6.07) is 20.6. The lowest BCUT2D eigenvalue weighted by Gasteiger charge is -2.14. The fourth-order valence-corrected chi connectivity index (χ4v) is 3.17. The maximum absolute atomic E-state index is 13.0. The van der Waals surface area contributed by atoms with Gasteiger partial charge in [0.25, 0.3) is 5.91 Å². The minimum absolute atomic E-state index is 0.118. The third-order valence-electron chi connectivity index (χ3n) is 4.88. The highest BCUT2D eigenvalue weighted by Gasteiger charge is 2.24. The molecule has 33 heavy (non-hydrogen) atoms. The highest BCUT2D eigenvalue weighted by Crippen LogP contribution is 2.23. The zero-order valence-corrected chi connectivity index (χ0v) is 18.0. The molecule has 0 spiro atoms. The van der Waals surface area contributed by atoms with Gasteiger partial charge in [-0.25, -0.2) is 9.48 Å². The predicted octanol–water partition coefficient (Wildman–Crippen LogP) is 4.52. The first kappa shape index (κ1) is 21.8. The molecule has 1 N–H and O–H groups in total. The Bertz CT molecular complexity index is 1290. The SMILES string of the molecule is CC(=O)c1cccc(NC(=O)C(C)OC(=O)c2cc(-c3ccco3)nn2-c2ccccc2)c1. The third kappa shape index (κ3) is 4.90. The van der Waals surface area contributed by atoms with Crippen molar-refractivity contribution in [2.45, 2.75) is 20.0 Å². The van der Waals surface area contributed by atoms with Crippen LogP contribution in [0.5, 0.6) is 0 Å². The Morgan fingerprint density at radius 1 is 1.00 bits per heavy atom. The number of hydrogen-bond donors (Lipinski definition) is 1. The number of carbonyl (C=O) groups is 3. The van der Waals surface area contributed by atoms with Gasteiger partial charge in [0.2, 0.25) is 0 Å². The van der Waals surface area contributed by atoms with Crippen LogP contribution in [0.25, 0.3) is 17.1 Å². The first-order valence-corrected chi connectivity index (χ1v) is 10.2. The molecule has 4 rings (SSSR count). The van der Waals surface area contributed by atoms with Crippen LogP contribution in [0.1, 0.15) is 34.7 Å². The lowest BCUT2D eigenvalue weighted by atomic mass is 10.1. The van der Waals surface area contributed by atoms with Crippen LogP contribution < -0.4 is 5.32 Å². The molecule has 0 fully saturated rings. The summed E-state index contributed by atoms with van der Waals surface area (Å²) in [6.07, 6.45) is 0.423. The number of carbonyl (C=O) groups excluding carboxylic acids is 3. The summed E-state index contributed by atoms with van der Waals surface area (Å²) in [7, 11) is 0. The number of benzene rings is 2. The van der Waals surface area contributed by atoms with E-state index in [0.717, 1.165) is 0 Å². The number of nitrogens with one attached hydrogen (secondary N) is 1. The summed E-state index contributed by atoms with van der Waals surface area (Å²) < 4.78 is 12.3. The van der Waals surface area contributed by atoms with Crippen molar-refractivity contribution in [2.24, 2.45) is 0 Å². The Kier molecular flexibility index (Phi) is 6.17. The van der Waals surface area contributed by atoms with Crippen LogP contribution in [-0.4, -0.2) is 33.5 Å². The Labute approximate surface area is 189 Å². The molecule has 0 radical (unpaired) electrons. The molecule has 0 aliphatic rings. The molecule has 1 atom stereocenters. The van der Waals surface area contributed by atoms with E-state index in [0.29, 0.717) is 28.4 Å². The fraction of sp³-hybridized carbons (Fsp3) is 0.120. The Hall–Kier alpha value is -4.46. The van der Waals surface area contributed by atoms with Crippen molar-refractivity contribution >= 4 is 23.3 Å². The summed E-state index contributed by atoms with van der Waals surface area (Å²) >= 11 is 0. The largest absolute Gasteiger partial charge is 0.463 e. The van der Waals surface area contributed by atoms with Gasteiger partial charge < -0.3 is 14.5 Å². The monoisotopic (exact) mass is 443 g/mol. The number of ketones is 1. The summed E-state index contributed by atoms with van der Waals surface area (Å²) in [5, 5.41) is 7.14. The van der Waals surface area contributed by atoms with E-state index in [1.807, 2.05) is 18.2 Å². The summed E-state index contributed by atoms with van der Waals surface area (Å²) in [5.74, 6) is -0.868. The van der Waals surface area contributed by atoms with Crippen LogP contribution >= 0.6 is 0 Å². The van der Waals surface area contributed by atoms with E-state index < -0.39 is 18.0 Å². The topological polar surface area (TPSA) is 103 Å². The van der Waals surface area contributed by atoms with Crippen molar-refractivity contribution in [2.75, 3.05) is 5.32 Å². The first-order chi connectivity index (χ1) is 15.9. The van der Waals surface area contributed by atoms with Gasteiger partial charge in [-0.1, -0.05) is 30.3 Å². The number of aromatic nitrogens is 2. The molecule has 0 saturated carbocycles. The van der Waals surface area contributed by atoms with Gasteiger partial charge in [-0.05, 0) is 50.2 Å². The quantitative estimate of drug-likeness (QED) is 0.333. The van der Waals surface area contributed by atoms with E-state index in [9.17, 15) is 14.4 Å². The highest BCUT2D eigenvalue weighted by molar-refractivity contribution is 5.99. The van der Waals surface area contributed by atoms with E-state index in [2.05, 4.69) is 10.4 Å². The molecule has 0 saturated heterocycles. The predicted molar refractivity (Wildman–Crippen MR) is 121 cm³/mol. The first-order valence-electron chi connectivity index (χ1n) is 10.2. The van der Waals surface area contributed by atoms with Crippen LogP contribution in [0.3, 0.4) is 0 Å². The van der Waals surface area contributed by atoms with E-state index in [1.54, 1.807) is 54.6 Å². The molecule has 2 heterocycles. The zero-order valence-electron chi connectivity index (χ0n) is 18.0. The van der Waals surface area contributed by atoms with Crippen molar-refractivity contribution in [3.63, 3.8) is 0 Å². The van der Waals surface area contributed by atoms with E-state index in [4.69, 9.17) is 9.15 Å². The van der Waals surface area contributed by atoms with Gasteiger partial charge in [0.1, 0.15) is 5.69 Å². The second-order valence-corrected chi connectivity index (χ2v) is 7.31. The van der Waals surface area contributed by atoms with Gasteiger partial charge in [-0.2, -0.15) is 5.10 Å². The average Bonchev–Trinajstić information content (AvgIpc) is 3.50. The van der Waals surface area contributed by atoms with Crippen molar-refractivity contribution in [3.05, 3.63) is 90.3 Å². The molecule has 8 heteroatoms. The standard InChI is InChI=1S/C25H21N3O5/c1-16(29)18-8-6-9-19(14-18)26-24(30)17(2)33-25(31)22-15-21(23-12-7-13-32-23)27-28(22)20-10-4-3-5-11-20/h3-15,17H,1-2H3,(H,26,30). The van der Waals surface area contributed by atoms with Crippen LogP contribution in [0.15, 0.2) is 83.5 Å². The second kappa shape index (κ2) is 9.35. The molecule has 1 amide bonds. The van der Waals surface area contributed by atoms with Crippen LogP contribution in [0, 0.1) is 0 Å². The number of furan rings is 1. The molecule has 1 unspecified atom stereocenters. The Balaban J connectivity index is 1.54. The summed E-state index contributed by atoms with van der Waals surface area (Å²) in [6.45, 7) is 2.91. The van der Waals surface area contributed by atoms with E-state index >= 15 is 0 Å². The molecule has 8 nitrogen and oxygen atoms in total. The number of ether oxygens (including phenoxy) is 1. The van der Waals surface area contributed by atoms with Gasteiger partial charge in [0.15, 0.2) is 23.3 Å². The molecule has 166 valence electrons. The number of para-hydroxylation sites is 1. The van der Waals surface area contributed by atoms with E-state index in [1.165, 1.54) is 24.8 Å². The number of nitrogens with zero attached hydrogens (tertiary/aromatic N) is 2. The minimum Gasteiger partial charge on any atom is -0.463 e. The number of amides is 1. The van der Waals surface area contributed by atoms with Crippen LogP contribution in [0.4, 0.5) is 5.69 Å². The Morgan fingerprint density at radius 2 is 1.79 bits per heavy atom. The van der Waals surface area contributed by atoms with Gasteiger partial charge in [-0.3, -0.25) is 9.59 Å². The van der Waals surface area contributed by atoms with Crippen molar-refractivity contribution in [1.29, 1.82) is 0 Å². The van der Waals surface area contributed by atoms with Gasteiger partial charge in [0.05, 0.1) is 12.0 Å². The van der Waals surface area contributed by atoms with Gasteiger partial charge in [-0.15, -0.1) is 0 Å². The molecular formula is C25H21N3O5. The van der Waals surface area contributed by atoms with E-state index in [-0.39, 0.29) is 11.5 Å². The van der Waals surface area contributed by atoms with Crippen LogP contribution in [0.2, 0.25) is 0 Å². The second-order valence-electron chi connectivity index (χ2n) is 7.31. The number of Topliss-reactive ketones (excluding diaryl/α,β-unsaturated/α-hetero) is 1.